The summed E-state index contributed by atoms with van der Waals surface area (Å²) >= 11 is 0. The van der Waals surface area contributed by atoms with Crippen LogP contribution in [-0.2, 0) is 13.0 Å². The van der Waals surface area contributed by atoms with Gasteiger partial charge in [0.2, 0.25) is 0 Å². The van der Waals surface area contributed by atoms with Gasteiger partial charge in [0.25, 0.3) is 0 Å². The number of nitrogens with one attached hydrogen (secondary N) is 1. The molecule has 1 saturated heterocycles. The highest BCUT2D eigenvalue weighted by Gasteiger charge is 2.23. The highest BCUT2D eigenvalue weighted by Crippen LogP contribution is 2.23. The fraction of sp³-hybridized carbons (Fsp3) is 0.333. The molecule has 1 unspecified atom stereocenters. The first-order chi connectivity index (χ1) is 13.2. The minimum atomic E-state index is -0.224. The molecule has 5 nitrogen and oxygen atoms in total. The van der Waals surface area contributed by atoms with Crippen molar-refractivity contribution in [3.05, 3.63) is 77.1 Å². The summed E-state index contributed by atoms with van der Waals surface area (Å²) in [6.07, 6.45) is 1.73. The number of rotatable bonds is 6. The van der Waals surface area contributed by atoms with Crippen molar-refractivity contribution < 1.29 is 9.13 Å². The Balaban J connectivity index is 1.59. The van der Waals surface area contributed by atoms with Crippen LogP contribution in [0.1, 0.15) is 35.1 Å². The van der Waals surface area contributed by atoms with E-state index in [2.05, 4.69) is 5.32 Å². The summed E-state index contributed by atoms with van der Waals surface area (Å²) in [4.78, 5) is 4.85. The standard InChI is InChI=1S/C21H23FN4O/c1-27-19-8-4-15(5-9-19)12-20-24-21(17-10-11-23-13-17)26(25-20)14-16-2-6-18(22)7-3-16/h2-9,17,23H,10-14H2,1H3. The van der Waals surface area contributed by atoms with E-state index in [-0.39, 0.29) is 5.82 Å². The van der Waals surface area contributed by atoms with Gasteiger partial charge in [-0.15, -0.1) is 0 Å². The summed E-state index contributed by atoms with van der Waals surface area (Å²) < 4.78 is 20.4. The molecule has 0 aliphatic carbocycles. The fourth-order valence-corrected chi connectivity index (χ4v) is 3.46. The summed E-state index contributed by atoms with van der Waals surface area (Å²) in [5.41, 5.74) is 2.16. The highest BCUT2D eigenvalue weighted by molar-refractivity contribution is 5.29. The first kappa shape index (κ1) is 17.7. The molecule has 0 bridgehead atoms. The number of methoxy groups -OCH3 is 1. The summed E-state index contributed by atoms with van der Waals surface area (Å²) in [6, 6.07) is 14.6. The molecule has 6 heteroatoms. The van der Waals surface area contributed by atoms with Crippen LogP contribution in [0.3, 0.4) is 0 Å². The van der Waals surface area contributed by atoms with Crippen LogP contribution in [0.2, 0.25) is 0 Å². The van der Waals surface area contributed by atoms with Crippen LogP contribution in [0, 0.1) is 5.82 Å². The lowest BCUT2D eigenvalue weighted by Gasteiger charge is -2.10. The number of hydrogen-bond acceptors (Lipinski definition) is 4. The Morgan fingerprint density at radius 1 is 1.11 bits per heavy atom. The van der Waals surface area contributed by atoms with Crippen LogP contribution in [0.15, 0.2) is 48.5 Å². The number of ether oxygens (including phenoxy) is 1. The molecule has 0 amide bonds. The van der Waals surface area contributed by atoms with Crippen molar-refractivity contribution in [2.45, 2.75) is 25.3 Å². The van der Waals surface area contributed by atoms with E-state index in [4.69, 9.17) is 14.8 Å². The van der Waals surface area contributed by atoms with Crippen molar-refractivity contribution in [3.63, 3.8) is 0 Å². The van der Waals surface area contributed by atoms with Crippen LogP contribution in [0.25, 0.3) is 0 Å². The van der Waals surface area contributed by atoms with Crippen molar-refractivity contribution in [1.82, 2.24) is 20.1 Å². The third kappa shape index (κ3) is 4.17. The summed E-state index contributed by atoms with van der Waals surface area (Å²) in [7, 11) is 1.66. The van der Waals surface area contributed by atoms with E-state index in [9.17, 15) is 4.39 Å². The molecule has 1 fully saturated rings. The van der Waals surface area contributed by atoms with Crippen LogP contribution >= 0.6 is 0 Å². The molecule has 2 aromatic carbocycles. The van der Waals surface area contributed by atoms with Gasteiger partial charge in [0, 0.05) is 18.9 Å². The molecule has 1 aliphatic heterocycles. The van der Waals surface area contributed by atoms with Crippen LogP contribution in [0.4, 0.5) is 4.39 Å². The Morgan fingerprint density at radius 3 is 2.52 bits per heavy atom. The van der Waals surface area contributed by atoms with Gasteiger partial charge in [-0.1, -0.05) is 24.3 Å². The van der Waals surface area contributed by atoms with E-state index < -0.39 is 0 Å². The van der Waals surface area contributed by atoms with Gasteiger partial charge in [-0.05, 0) is 48.4 Å². The molecule has 0 saturated carbocycles. The zero-order valence-electron chi connectivity index (χ0n) is 15.4. The van der Waals surface area contributed by atoms with E-state index in [0.29, 0.717) is 18.9 Å². The largest absolute Gasteiger partial charge is 0.497 e. The Labute approximate surface area is 158 Å². The van der Waals surface area contributed by atoms with Gasteiger partial charge >= 0.3 is 0 Å². The second kappa shape index (κ2) is 7.88. The Kier molecular flexibility index (Phi) is 5.16. The zero-order valence-corrected chi connectivity index (χ0v) is 15.4. The molecular formula is C21H23FN4O. The van der Waals surface area contributed by atoms with Crippen LogP contribution in [-0.4, -0.2) is 35.0 Å². The predicted molar refractivity (Wildman–Crippen MR) is 102 cm³/mol. The molecule has 1 aromatic heterocycles. The van der Waals surface area contributed by atoms with E-state index in [1.165, 1.54) is 12.1 Å². The molecule has 3 aromatic rings. The van der Waals surface area contributed by atoms with E-state index in [1.807, 2.05) is 28.9 Å². The predicted octanol–water partition coefficient (Wildman–Crippen LogP) is 3.14. The van der Waals surface area contributed by atoms with Gasteiger partial charge in [-0.25, -0.2) is 14.1 Å². The molecule has 27 heavy (non-hydrogen) atoms. The van der Waals surface area contributed by atoms with Crippen LogP contribution < -0.4 is 10.1 Å². The SMILES string of the molecule is COc1ccc(Cc2nc(C3CCNC3)n(Cc3ccc(F)cc3)n2)cc1. The minimum absolute atomic E-state index is 0.224. The number of hydrogen-bond donors (Lipinski definition) is 1. The molecule has 1 aliphatic rings. The van der Waals surface area contributed by atoms with E-state index in [0.717, 1.165) is 48.0 Å². The third-order valence-corrected chi connectivity index (χ3v) is 4.94. The molecule has 1 atom stereocenters. The minimum Gasteiger partial charge on any atom is -0.497 e. The Bertz CT molecular complexity index is 884. The first-order valence-electron chi connectivity index (χ1n) is 9.23. The molecule has 0 radical (unpaired) electrons. The quantitative estimate of drug-likeness (QED) is 0.728. The maximum atomic E-state index is 13.2. The van der Waals surface area contributed by atoms with Gasteiger partial charge in [-0.3, -0.25) is 0 Å². The van der Waals surface area contributed by atoms with Gasteiger partial charge < -0.3 is 10.1 Å². The second-order valence-electron chi connectivity index (χ2n) is 6.88. The normalized spacial score (nSPS) is 16.6. The zero-order chi connectivity index (χ0) is 18.6. The maximum absolute atomic E-state index is 13.2. The average Bonchev–Trinajstić information content (AvgIpc) is 3.34. The van der Waals surface area contributed by atoms with Crippen LogP contribution in [0.5, 0.6) is 5.75 Å². The summed E-state index contributed by atoms with van der Waals surface area (Å²) in [6.45, 7) is 2.52. The first-order valence-corrected chi connectivity index (χ1v) is 9.23. The average molecular weight is 366 g/mol. The molecule has 2 heterocycles. The lowest BCUT2D eigenvalue weighted by Crippen LogP contribution is -2.14. The third-order valence-electron chi connectivity index (χ3n) is 4.94. The highest BCUT2D eigenvalue weighted by atomic mass is 19.1. The van der Waals surface area contributed by atoms with Gasteiger partial charge in [0.1, 0.15) is 17.4 Å². The summed E-state index contributed by atoms with van der Waals surface area (Å²) in [5, 5.41) is 8.16. The molecule has 0 spiro atoms. The van der Waals surface area contributed by atoms with Crippen molar-refractivity contribution >= 4 is 0 Å². The van der Waals surface area contributed by atoms with Gasteiger partial charge in [0.05, 0.1) is 13.7 Å². The number of aromatic nitrogens is 3. The number of nitrogens with zero attached hydrogens (tertiary/aromatic N) is 3. The van der Waals surface area contributed by atoms with E-state index >= 15 is 0 Å². The summed E-state index contributed by atoms with van der Waals surface area (Å²) in [5.74, 6) is 2.79. The van der Waals surface area contributed by atoms with Gasteiger partial charge in [0.15, 0.2) is 5.82 Å². The smallest absolute Gasteiger partial charge is 0.155 e. The molecule has 1 N–H and O–H groups in total. The Hall–Kier alpha value is -2.73. The molecular weight excluding hydrogens is 343 g/mol. The Morgan fingerprint density at radius 2 is 1.85 bits per heavy atom. The lowest BCUT2D eigenvalue weighted by molar-refractivity contribution is 0.414. The maximum Gasteiger partial charge on any atom is 0.155 e. The number of benzene rings is 2. The van der Waals surface area contributed by atoms with Crippen molar-refractivity contribution in [3.8, 4) is 5.75 Å². The van der Waals surface area contributed by atoms with Crippen molar-refractivity contribution in [1.29, 1.82) is 0 Å². The number of halogens is 1. The molecule has 4 rings (SSSR count). The fourth-order valence-electron chi connectivity index (χ4n) is 3.46. The molecule has 140 valence electrons. The van der Waals surface area contributed by atoms with Gasteiger partial charge in [-0.2, -0.15) is 5.10 Å². The topological polar surface area (TPSA) is 52.0 Å². The van der Waals surface area contributed by atoms with E-state index in [1.54, 1.807) is 19.2 Å². The monoisotopic (exact) mass is 366 g/mol. The van der Waals surface area contributed by atoms with Crippen molar-refractivity contribution in [2.24, 2.45) is 0 Å². The van der Waals surface area contributed by atoms with Crippen molar-refractivity contribution in [2.75, 3.05) is 20.2 Å². The lowest BCUT2D eigenvalue weighted by atomic mass is 10.1. The second-order valence-corrected chi connectivity index (χ2v) is 6.88.